The van der Waals surface area contributed by atoms with Gasteiger partial charge >= 0.3 is 6.36 Å². The number of anilines is 1. The van der Waals surface area contributed by atoms with Crippen LogP contribution in [-0.4, -0.2) is 6.36 Å². The molecule has 0 aromatic heterocycles. The summed E-state index contributed by atoms with van der Waals surface area (Å²) >= 11 is 0. The fourth-order valence-electron chi connectivity index (χ4n) is 1.66. The molecule has 0 unspecified atom stereocenters. The van der Waals surface area contributed by atoms with Gasteiger partial charge in [-0.25, -0.2) is 8.78 Å². The van der Waals surface area contributed by atoms with Gasteiger partial charge < -0.3 is 10.5 Å². The molecular formula is C13H8F5NO. The van der Waals surface area contributed by atoms with Gasteiger partial charge in [-0.15, -0.1) is 13.2 Å². The molecule has 0 spiro atoms. The normalized spacial score (nSPS) is 11.4. The third-order valence-electron chi connectivity index (χ3n) is 2.50. The van der Waals surface area contributed by atoms with Crippen LogP contribution in [0.5, 0.6) is 5.75 Å². The summed E-state index contributed by atoms with van der Waals surface area (Å²) < 4.78 is 67.4. The summed E-state index contributed by atoms with van der Waals surface area (Å²) in [5.74, 6) is -2.66. The van der Waals surface area contributed by atoms with E-state index in [4.69, 9.17) is 5.73 Å². The first-order chi connectivity index (χ1) is 9.28. The standard InChI is InChI=1S/C13H8F5NO/c14-9-5-7(6-10(15)12(9)19)8-3-1-2-4-11(8)20-13(16,17)18/h1-6H,19H2. The lowest BCUT2D eigenvalue weighted by Crippen LogP contribution is -2.17. The Morgan fingerprint density at radius 1 is 0.950 bits per heavy atom. The van der Waals surface area contributed by atoms with Crippen LogP contribution in [0.3, 0.4) is 0 Å². The minimum Gasteiger partial charge on any atom is -0.405 e. The van der Waals surface area contributed by atoms with Crippen LogP contribution in [0, 0.1) is 11.6 Å². The van der Waals surface area contributed by atoms with Crippen LogP contribution < -0.4 is 10.5 Å². The summed E-state index contributed by atoms with van der Waals surface area (Å²) in [5, 5.41) is 0. The van der Waals surface area contributed by atoms with Crippen LogP contribution in [0.2, 0.25) is 0 Å². The van der Waals surface area contributed by atoms with E-state index in [9.17, 15) is 22.0 Å². The quantitative estimate of drug-likeness (QED) is 0.667. The molecule has 2 rings (SSSR count). The number of nitrogen functional groups attached to an aromatic ring is 1. The Hall–Kier alpha value is -2.31. The molecule has 0 aliphatic rings. The smallest absolute Gasteiger partial charge is 0.405 e. The van der Waals surface area contributed by atoms with Crippen molar-refractivity contribution in [1.82, 2.24) is 0 Å². The second-order valence-corrected chi connectivity index (χ2v) is 3.90. The lowest BCUT2D eigenvalue weighted by Gasteiger charge is -2.13. The van der Waals surface area contributed by atoms with Gasteiger partial charge in [0.1, 0.15) is 23.1 Å². The van der Waals surface area contributed by atoms with Crippen LogP contribution in [0.15, 0.2) is 36.4 Å². The first-order valence-corrected chi connectivity index (χ1v) is 5.37. The highest BCUT2D eigenvalue weighted by atomic mass is 19.4. The van der Waals surface area contributed by atoms with E-state index in [1.807, 2.05) is 0 Å². The van der Waals surface area contributed by atoms with Crippen molar-refractivity contribution in [3.8, 4) is 16.9 Å². The summed E-state index contributed by atoms with van der Waals surface area (Å²) in [6.07, 6.45) is -4.90. The van der Waals surface area contributed by atoms with Crippen molar-refractivity contribution >= 4 is 5.69 Å². The van der Waals surface area contributed by atoms with Crippen LogP contribution in [0.25, 0.3) is 11.1 Å². The topological polar surface area (TPSA) is 35.2 Å². The molecule has 0 bridgehead atoms. The molecule has 20 heavy (non-hydrogen) atoms. The number of hydrogen-bond acceptors (Lipinski definition) is 2. The maximum Gasteiger partial charge on any atom is 0.573 e. The number of rotatable bonds is 2. The first kappa shape index (κ1) is 14.1. The van der Waals surface area contributed by atoms with E-state index in [1.54, 1.807) is 0 Å². The Labute approximate surface area is 110 Å². The molecule has 0 heterocycles. The van der Waals surface area contributed by atoms with E-state index in [1.165, 1.54) is 18.2 Å². The molecule has 0 aliphatic carbocycles. The van der Waals surface area contributed by atoms with Crippen LogP contribution in [-0.2, 0) is 0 Å². The number of alkyl halides is 3. The van der Waals surface area contributed by atoms with Crippen molar-refractivity contribution in [2.24, 2.45) is 0 Å². The zero-order chi connectivity index (χ0) is 14.9. The van der Waals surface area contributed by atoms with Crippen LogP contribution in [0.1, 0.15) is 0 Å². The molecule has 2 aromatic rings. The van der Waals surface area contributed by atoms with E-state index < -0.39 is 29.4 Å². The maximum absolute atomic E-state index is 13.4. The summed E-state index contributed by atoms with van der Waals surface area (Å²) in [4.78, 5) is 0. The minimum atomic E-state index is -4.90. The summed E-state index contributed by atoms with van der Waals surface area (Å²) in [6.45, 7) is 0. The highest BCUT2D eigenvalue weighted by molar-refractivity contribution is 5.72. The van der Waals surface area contributed by atoms with Gasteiger partial charge in [0.05, 0.1) is 0 Å². The molecule has 2 N–H and O–H groups in total. The lowest BCUT2D eigenvalue weighted by molar-refractivity contribution is -0.274. The second kappa shape index (κ2) is 4.99. The van der Waals surface area contributed by atoms with Gasteiger partial charge in [0.15, 0.2) is 0 Å². The number of ether oxygens (including phenoxy) is 1. The van der Waals surface area contributed by atoms with Gasteiger partial charge in [-0.1, -0.05) is 18.2 Å². The Balaban J connectivity index is 2.53. The molecule has 106 valence electrons. The Kier molecular flexibility index (Phi) is 3.52. The van der Waals surface area contributed by atoms with Crippen LogP contribution in [0.4, 0.5) is 27.6 Å². The van der Waals surface area contributed by atoms with Gasteiger partial charge in [0.2, 0.25) is 0 Å². The molecule has 0 aliphatic heterocycles. The molecule has 2 aromatic carbocycles. The highest BCUT2D eigenvalue weighted by Crippen LogP contribution is 2.35. The lowest BCUT2D eigenvalue weighted by atomic mass is 10.0. The van der Waals surface area contributed by atoms with Gasteiger partial charge in [0.25, 0.3) is 0 Å². The number of halogens is 5. The van der Waals surface area contributed by atoms with Gasteiger partial charge in [-0.2, -0.15) is 0 Å². The summed E-state index contributed by atoms with van der Waals surface area (Å²) in [6, 6.07) is 6.73. The third-order valence-corrected chi connectivity index (χ3v) is 2.50. The van der Waals surface area contributed by atoms with Crippen molar-refractivity contribution in [2.45, 2.75) is 6.36 Å². The number of para-hydroxylation sites is 1. The molecule has 0 fully saturated rings. The van der Waals surface area contributed by atoms with Crippen molar-refractivity contribution in [3.63, 3.8) is 0 Å². The third kappa shape index (κ3) is 2.98. The SMILES string of the molecule is Nc1c(F)cc(-c2ccccc2OC(F)(F)F)cc1F. The predicted molar refractivity (Wildman–Crippen MR) is 62.9 cm³/mol. The molecule has 7 heteroatoms. The van der Waals surface area contributed by atoms with Crippen molar-refractivity contribution < 1.29 is 26.7 Å². The fraction of sp³-hybridized carbons (Fsp3) is 0.0769. The average molecular weight is 289 g/mol. The number of benzene rings is 2. The highest BCUT2D eigenvalue weighted by Gasteiger charge is 2.32. The molecular weight excluding hydrogens is 281 g/mol. The molecule has 0 amide bonds. The Morgan fingerprint density at radius 2 is 1.50 bits per heavy atom. The zero-order valence-electron chi connectivity index (χ0n) is 9.84. The monoisotopic (exact) mass is 289 g/mol. The van der Waals surface area contributed by atoms with Gasteiger partial charge in [-0.05, 0) is 23.8 Å². The predicted octanol–water partition coefficient (Wildman–Crippen LogP) is 4.11. The van der Waals surface area contributed by atoms with Crippen molar-refractivity contribution in [2.75, 3.05) is 5.73 Å². The fourth-order valence-corrected chi connectivity index (χ4v) is 1.66. The molecule has 0 radical (unpaired) electrons. The number of hydrogen-bond donors (Lipinski definition) is 1. The van der Waals surface area contributed by atoms with Gasteiger partial charge in [0, 0.05) is 5.56 Å². The van der Waals surface area contributed by atoms with Gasteiger partial charge in [-0.3, -0.25) is 0 Å². The second-order valence-electron chi connectivity index (χ2n) is 3.90. The van der Waals surface area contributed by atoms with E-state index in [-0.39, 0.29) is 11.1 Å². The zero-order valence-corrected chi connectivity index (χ0v) is 9.84. The Bertz CT molecular complexity index is 616. The van der Waals surface area contributed by atoms with E-state index in [0.717, 1.165) is 18.2 Å². The van der Waals surface area contributed by atoms with E-state index in [0.29, 0.717) is 0 Å². The largest absolute Gasteiger partial charge is 0.573 e. The van der Waals surface area contributed by atoms with Crippen molar-refractivity contribution in [1.29, 1.82) is 0 Å². The summed E-state index contributed by atoms with van der Waals surface area (Å²) in [7, 11) is 0. The maximum atomic E-state index is 13.4. The number of nitrogens with two attached hydrogens (primary N) is 1. The van der Waals surface area contributed by atoms with E-state index in [2.05, 4.69) is 4.74 Å². The molecule has 2 nitrogen and oxygen atoms in total. The minimum absolute atomic E-state index is 0.0948. The molecule has 0 atom stereocenters. The summed E-state index contributed by atoms with van der Waals surface area (Å²) in [5.41, 5.74) is 4.22. The first-order valence-electron chi connectivity index (χ1n) is 5.37. The average Bonchev–Trinajstić information content (AvgIpc) is 2.34. The molecule has 0 saturated carbocycles. The van der Waals surface area contributed by atoms with Crippen LogP contribution >= 0.6 is 0 Å². The van der Waals surface area contributed by atoms with Crippen molar-refractivity contribution in [3.05, 3.63) is 48.0 Å². The van der Waals surface area contributed by atoms with E-state index >= 15 is 0 Å². The molecule has 0 saturated heterocycles. The Morgan fingerprint density at radius 3 is 2.05 bits per heavy atom.